The molecule has 0 unspecified atom stereocenters. The van der Waals surface area contributed by atoms with Crippen molar-refractivity contribution in [1.29, 1.82) is 0 Å². The number of likely N-dealkylation sites (tertiary alicyclic amines) is 1. The van der Waals surface area contributed by atoms with E-state index >= 15 is 0 Å². The molecule has 0 saturated carbocycles. The summed E-state index contributed by atoms with van der Waals surface area (Å²) in [4.78, 5) is 12.3. The molecule has 0 spiro atoms. The topological polar surface area (TPSA) is 20.3 Å². The summed E-state index contributed by atoms with van der Waals surface area (Å²) >= 11 is 0. The molecule has 1 saturated heterocycles. The molecule has 2 nitrogen and oxygen atoms in total. The first kappa shape index (κ1) is 8.29. The van der Waals surface area contributed by atoms with Gasteiger partial charge in [-0.25, -0.2) is 0 Å². The molecule has 1 heterocycles. The first-order valence-electron chi connectivity index (χ1n) is 2.54. The van der Waals surface area contributed by atoms with Crippen molar-refractivity contribution in [3.05, 3.63) is 0 Å². The fraction of sp³-hybridized carbons (Fsp3) is 0.800. The predicted molar refractivity (Wildman–Crippen MR) is 32.6 cm³/mol. The molecule has 3 radical (unpaired) electrons. The van der Waals surface area contributed by atoms with E-state index in [-0.39, 0.29) is 24.4 Å². The molecule has 1 fully saturated rings. The Kier molecular flexibility index (Phi) is 3.46. The molecule has 0 aromatic heterocycles. The Morgan fingerprint density at radius 2 is 2.25 bits per heavy atom. The van der Waals surface area contributed by atoms with Crippen molar-refractivity contribution in [2.75, 3.05) is 13.6 Å². The van der Waals surface area contributed by atoms with Crippen LogP contribution in [0, 0.1) is 0 Å². The molecule has 0 aromatic rings. The third kappa shape index (κ3) is 1.66. The number of amides is 1. The number of nitrogens with zero attached hydrogens (tertiary/aromatic N) is 1. The van der Waals surface area contributed by atoms with Gasteiger partial charge in [-0.1, -0.05) is 0 Å². The Morgan fingerprint density at radius 1 is 1.62 bits per heavy atom. The summed E-state index contributed by atoms with van der Waals surface area (Å²) in [6.45, 7) is 0.957. The third-order valence-corrected chi connectivity index (χ3v) is 1.31. The number of rotatable bonds is 0. The normalized spacial score (nSPS) is 18.6. The van der Waals surface area contributed by atoms with E-state index in [0.29, 0.717) is 5.91 Å². The SMILES string of the molecule is CN1CCCC1=O.[Sb]. The van der Waals surface area contributed by atoms with Crippen molar-refractivity contribution < 1.29 is 4.79 Å². The van der Waals surface area contributed by atoms with Crippen LogP contribution in [-0.4, -0.2) is 48.8 Å². The van der Waals surface area contributed by atoms with Crippen LogP contribution >= 0.6 is 0 Å². The zero-order valence-electron chi connectivity index (χ0n) is 4.92. The fourth-order valence-corrected chi connectivity index (χ4v) is 0.783. The second-order valence-electron chi connectivity index (χ2n) is 1.92. The van der Waals surface area contributed by atoms with E-state index in [1.54, 1.807) is 4.90 Å². The van der Waals surface area contributed by atoms with Gasteiger partial charge in [0.25, 0.3) is 0 Å². The molecule has 0 atom stereocenters. The molecular formula is C5H9NOSb. The average Bonchev–Trinajstić information content (AvgIpc) is 1.91. The van der Waals surface area contributed by atoms with E-state index in [1.807, 2.05) is 7.05 Å². The molecule has 3 heteroatoms. The van der Waals surface area contributed by atoms with E-state index in [9.17, 15) is 4.79 Å². The summed E-state index contributed by atoms with van der Waals surface area (Å²) in [5, 5.41) is 0. The van der Waals surface area contributed by atoms with Gasteiger partial charge in [-0.3, -0.25) is 4.79 Å². The van der Waals surface area contributed by atoms with E-state index in [1.165, 1.54) is 0 Å². The molecular weight excluding hydrogens is 212 g/mol. The van der Waals surface area contributed by atoms with Crippen LogP contribution in [0.25, 0.3) is 0 Å². The van der Waals surface area contributed by atoms with Crippen molar-refractivity contribution in [3.8, 4) is 0 Å². The van der Waals surface area contributed by atoms with Gasteiger partial charge in [-0.05, 0) is 6.42 Å². The Bertz CT molecular complexity index is 94.4. The summed E-state index contributed by atoms with van der Waals surface area (Å²) in [5.74, 6) is 0.292. The van der Waals surface area contributed by atoms with Gasteiger partial charge in [-0.15, -0.1) is 0 Å². The molecule has 0 aromatic carbocycles. The fourth-order valence-electron chi connectivity index (χ4n) is 0.783. The Hall–Kier alpha value is 0.288. The second-order valence-corrected chi connectivity index (χ2v) is 1.92. The number of hydrogen-bond acceptors (Lipinski definition) is 1. The van der Waals surface area contributed by atoms with Gasteiger partial charge < -0.3 is 4.90 Å². The van der Waals surface area contributed by atoms with Crippen molar-refractivity contribution in [2.45, 2.75) is 12.8 Å². The van der Waals surface area contributed by atoms with Crippen LogP contribution in [-0.2, 0) is 4.79 Å². The molecule has 0 bridgehead atoms. The smallest absolute Gasteiger partial charge is 0.222 e. The predicted octanol–water partition coefficient (Wildman–Crippen LogP) is -0.142. The summed E-state index contributed by atoms with van der Waals surface area (Å²) < 4.78 is 0. The molecule has 1 aliphatic heterocycles. The van der Waals surface area contributed by atoms with Crippen LogP contribution in [0.2, 0.25) is 0 Å². The zero-order valence-corrected chi connectivity index (χ0v) is 7.48. The van der Waals surface area contributed by atoms with Crippen molar-refractivity contribution in [2.24, 2.45) is 0 Å². The molecule has 45 valence electrons. The summed E-state index contributed by atoms with van der Waals surface area (Å²) in [7, 11) is 1.84. The molecule has 1 rings (SSSR count). The minimum absolute atomic E-state index is 0. The van der Waals surface area contributed by atoms with Gasteiger partial charge in [0.15, 0.2) is 0 Å². The number of carbonyl (C=O) groups excluding carboxylic acids is 1. The van der Waals surface area contributed by atoms with Crippen LogP contribution in [0.3, 0.4) is 0 Å². The van der Waals surface area contributed by atoms with Crippen LogP contribution in [0.1, 0.15) is 12.8 Å². The molecule has 1 aliphatic rings. The molecule has 8 heavy (non-hydrogen) atoms. The van der Waals surface area contributed by atoms with Gasteiger partial charge in [0.2, 0.25) is 5.91 Å². The quantitative estimate of drug-likeness (QED) is 0.521. The summed E-state index contributed by atoms with van der Waals surface area (Å²) in [6.07, 6.45) is 1.81. The maximum atomic E-state index is 10.5. The molecule has 0 aliphatic carbocycles. The first-order valence-corrected chi connectivity index (χ1v) is 2.54. The monoisotopic (exact) mass is 220 g/mol. The Morgan fingerprint density at radius 3 is 2.38 bits per heavy atom. The van der Waals surface area contributed by atoms with Gasteiger partial charge >= 0.3 is 0 Å². The second kappa shape index (κ2) is 3.34. The van der Waals surface area contributed by atoms with Crippen molar-refractivity contribution >= 4 is 30.3 Å². The maximum absolute atomic E-state index is 10.5. The van der Waals surface area contributed by atoms with E-state index in [4.69, 9.17) is 0 Å². The summed E-state index contributed by atoms with van der Waals surface area (Å²) in [6, 6.07) is 0. The van der Waals surface area contributed by atoms with E-state index < -0.39 is 0 Å². The summed E-state index contributed by atoms with van der Waals surface area (Å²) in [5.41, 5.74) is 0. The van der Waals surface area contributed by atoms with Crippen molar-refractivity contribution in [1.82, 2.24) is 4.90 Å². The van der Waals surface area contributed by atoms with E-state index in [0.717, 1.165) is 19.4 Å². The molecule has 0 N–H and O–H groups in total. The standard InChI is InChI=1S/C5H9NO.Sb/c1-6-4-2-3-5(6)7;/h2-4H2,1H3;. The van der Waals surface area contributed by atoms with Gasteiger partial charge in [0.05, 0.1) is 0 Å². The van der Waals surface area contributed by atoms with Gasteiger partial charge in [0.1, 0.15) is 0 Å². The minimum atomic E-state index is 0. The minimum Gasteiger partial charge on any atom is -0.346 e. The van der Waals surface area contributed by atoms with Gasteiger partial charge in [0, 0.05) is 44.4 Å². The van der Waals surface area contributed by atoms with E-state index in [2.05, 4.69) is 0 Å². The zero-order chi connectivity index (χ0) is 5.28. The maximum Gasteiger partial charge on any atom is 0.222 e. The molecule has 1 amide bonds. The van der Waals surface area contributed by atoms with Crippen LogP contribution in [0.5, 0.6) is 0 Å². The van der Waals surface area contributed by atoms with Crippen LogP contribution in [0.4, 0.5) is 0 Å². The Labute approximate surface area is 66.7 Å². The Balaban J connectivity index is 0.000000490. The number of hydrogen-bond donors (Lipinski definition) is 0. The van der Waals surface area contributed by atoms with Crippen LogP contribution < -0.4 is 0 Å². The van der Waals surface area contributed by atoms with Gasteiger partial charge in [-0.2, -0.15) is 0 Å². The first-order chi connectivity index (χ1) is 3.30. The number of carbonyl (C=O) groups is 1. The average molecular weight is 221 g/mol. The van der Waals surface area contributed by atoms with Crippen LogP contribution in [0.15, 0.2) is 0 Å². The third-order valence-electron chi connectivity index (χ3n) is 1.31. The van der Waals surface area contributed by atoms with Crippen molar-refractivity contribution in [3.63, 3.8) is 0 Å². The largest absolute Gasteiger partial charge is 0.346 e.